The lowest BCUT2D eigenvalue weighted by Crippen LogP contribution is -2.68. The van der Waals surface area contributed by atoms with Gasteiger partial charge in [-0.15, -0.1) is 0 Å². The predicted molar refractivity (Wildman–Crippen MR) is 148 cm³/mol. The molecule has 40 heavy (non-hydrogen) atoms. The predicted octanol–water partition coefficient (Wildman–Crippen LogP) is 4.73. The van der Waals surface area contributed by atoms with E-state index in [0.717, 1.165) is 21.0 Å². The van der Waals surface area contributed by atoms with Gasteiger partial charge in [0.25, 0.3) is 5.54 Å². The van der Waals surface area contributed by atoms with Crippen molar-refractivity contribution in [1.82, 2.24) is 4.31 Å². The molecule has 3 aromatic rings. The molecule has 210 valence electrons. The Balaban J connectivity index is 1.90. The molecule has 0 bridgehead atoms. The summed E-state index contributed by atoms with van der Waals surface area (Å²) in [6, 6.07) is 20.0. The molecule has 2 heterocycles. The zero-order valence-corrected chi connectivity index (χ0v) is 23.9. The molecule has 0 aliphatic carbocycles. The molecule has 0 amide bonds. The Kier molecular flexibility index (Phi) is 7.33. The molecular weight excluding hydrogens is 530 g/mol. The third-order valence-corrected chi connectivity index (χ3v) is 9.70. The maximum Gasteiger partial charge on any atom is 0.342 e. The number of carbonyl (C=O) groups is 2. The largest absolute Gasteiger partial charge is 0.464 e. The van der Waals surface area contributed by atoms with Crippen molar-refractivity contribution in [3.05, 3.63) is 101 Å². The fourth-order valence-corrected chi connectivity index (χ4v) is 7.87. The van der Waals surface area contributed by atoms with Gasteiger partial charge in [0.15, 0.2) is 0 Å². The molecule has 1 fully saturated rings. The second-order valence-corrected chi connectivity index (χ2v) is 12.0. The van der Waals surface area contributed by atoms with Crippen molar-refractivity contribution < 1.29 is 32.2 Å². The topological polar surface area (TPSA) is 99.2 Å². The molecular formula is C31H33NO7S. The van der Waals surface area contributed by atoms with Gasteiger partial charge in [-0.2, -0.15) is 4.31 Å². The van der Waals surface area contributed by atoms with E-state index in [9.17, 15) is 18.0 Å². The first-order valence-corrected chi connectivity index (χ1v) is 14.8. The SMILES string of the molecule is CCOC(=O)C1(C(=O)OCC)N(S(=O)(=O)c2ccc(C)cc2)[C@H](c2ccc(C)cc2)C[C@@]12OCc1ccccc12. The van der Waals surface area contributed by atoms with Gasteiger partial charge in [0.1, 0.15) is 5.60 Å². The van der Waals surface area contributed by atoms with E-state index in [1.807, 2.05) is 50.2 Å². The molecule has 1 spiro atoms. The van der Waals surface area contributed by atoms with E-state index in [1.165, 1.54) is 12.1 Å². The average molecular weight is 564 g/mol. The Bertz CT molecular complexity index is 1510. The molecule has 0 radical (unpaired) electrons. The highest BCUT2D eigenvalue weighted by Gasteiger charge is 2.79. The first-order valence-electron chi connectivity index (χ1n) is 13.4. The summed E-state index contributed by atoms with van der Waals surface area (Å²) in [6.45, 7) is 6.93. The van der Waals surface area contributed by atoms with Crippen LogP contribution in [0, 0.1) is 13.8 Å². The van der Waals surface area contributed by atoms with Crippen LogP contribution in [0.2, 0.25) is 0 Å². The molecule has 5 rings (SSSR count). The summed E-state index contributed by atoms with van der Waals surface area (Å²) in [4.78, 5) is 28.6. The second-order valence-electron chi connectivity index (χ2n) is 10.2. The number of benzene rings is 3. The minimum Gasteiger partial charge on any atom is -0.464 e. The molecule has 0 N–H and O–H groups in total. The quantitative estimate of drug-likeness (QED) is 0.303. The van der Waals surface area contributed by atoms with Crippen molar-refractivity contribution >= 4 is 22.0 Å². The van der Waals surface area contributed by atoms with E-state index in [-0.39, 0.29) is 31.1 Å². The van der Waals surface area contributed by atoms with Crippen LogP contribution in [0.25, 0.3) is 0 Å². The van der Waals surface area contributed by atoms with Gasteiger partial charge in [0, 0.05) is 6.42 Å². The van der Waals surface area contributed by atoms with E-state index in [4.69, 9.17) is 14.2 Å². The van der Waals surface area contributed by atoms with E-state index in [1.54, 1.807) is 38.1 Å². The van der Waals surface area contributed by atoms with Crippen LogP contribution in [-0.2, 0) is 46.0 Å². The molecule has 3 aromatic carbocycles. The maximum absolute atomic E-state index is 14.7. The first kappa shape index (κ1) is 28.0. The molecule has 2 aliphatic rings. The van der Waals surface area contributed by atoms with Crippen molar-refractivity contribution in [3.8, 4) is 0 Å². The van der Waals surface area contributed by atoms with Gasteiger partial charge in [-0.1, -0.05) is 71.8 Å². The van der Waals surface area contributed by atoms with E-state index in [2.05, 4.69) is 0 Å². The number of fused-ring (bicyclic) bond motifs is 2. The van der Waals surface area contributed by atoms with Crippen molar-refractivity contribution in [2.75, 3.05) is 13.2 Å². The highest BCUT2D eigenvalue weighted by molar-refractivity contribution is 7.89. The number of rotatable bonds is 7. The van der Waals surface area contributed by atoms with E-state index < -0.39 is 39.1 Å². The molecule has 0 saturated carbocycles. The summed E-state index contributed by atoms with van der Waals surface area (Å²) >= 11 is 0. The van der Waals surface area contributed by atoms with Crippen LogP contribution in [0.15, 0.2) is 77.7 Å². The fraction of sp³-hybridized carbons (Fsp3) is 0.355. The van der Waals surface area contributed by atoms with Crippen LogP contribution < -0.4 is 0 Å². The number of nitrogens with zero attached hydrogens (tertiary/aromatic N) is 1. The normalized spacial score (nSPS) is 21.8. The number of ether oxygens (including phenoxy) is 3. The third kappa shape index (κ3) is 4.06. The van der Waals surface area contributed by atoms with Gasteiger partial charge < -0.3 is 14.2 Å². The average Bonchev–Trinajstić information content (AvgIpc) is 3.47. The monoisotopic (exact) mass is 563 g/mol. The molecule has 2 atom stereocenters. The van der Waals surface area contributed by atoms with Gasteiger partial charge in [0.05, 0.1) is 30.8 Å². The maximum atomic E-state index is 14.7. The number of hydrogen-bond donors (Lipinski definition) is 0. The van der Waals surface area contributed by atoms with Gasteiger partial charge >= 0.3 is 11.9 Å². The van der Waals surface area contributed by atoms with Crippen LogP contribution in [0.5, 0.6) is 0 Å². The van der Waals surface area contributed by atoms with Crippen molar-refractivity contribution in [2.45, 2.75) is 62.8 Å². The standard InChI is InChI=1S/C31H33NO7S/c1-5-37-28(33)31(29(34)38-6-2)30(26-10-8-7-9-24(26)20-39-30)19-27(23-15-11-21(3)12-16-23)32(31)40(35,36)25-17-13-22(4)14-18-25/h7-18,27H,5-6,19-20H2,1-4H3/t27-,30-/m0/s1. The number of sulfonamides is 1. The lowest BCUT2D eigenvalue weighted by Gasteiger charge is -2.42. The van der Waals surface area contributed by atoms with E-state index in [0.29, 0.717) is 11.1 Å². The molecule has 0 aromatic heterocycles. The molecule has 8 nitrogen and oxygen atoms in total. The lowest BCUT2D eigenvalue weighted by atomic mass is 9.74. The molecule has 1 saturated heterocycles. The smallest absolute Gasteiger partial charge is 0.342 e. The summed E-state index contributed by atoms with van der Waals surface area (Å²) in [5, 5.41) is 0. The van der Waals surface area contributed by atoms with Crippen molar-refractivity contribution in [2.24, 2.45) is 0 Å². The molecule has 0 unspecified atom stereocenters. The van der Waals surface area contributed by atoms with Gasteiger partial charge in [0.2, 0.25) is 10.0 Å². The van der Waals surface area contributed by atoms with Gasteiger partial charge in [-0.25, -0.2) is 18.0 Å². The summed E-state index contributed by atoms with van der Waals surface area (Å²) in [5.74, 6) is -2.06. The zero-order valence-electron chi connectivity index (χ0n) is 23.0. The Morgan fingerprint density at radius 2 is 1.43 bits per heavy atom. The fourth-order valence-electron chi connectivity index (χ4n) is 5.98. The van der Waals surface area contributed by atoms with Crippen molar-refractivity contribution in [1.29, 1.82) is 0 Å². The lowest BCUT2D eigenvalue weighted by molar-refractivity contribution is -0.190. The summed E-state index contributed by atoms with van der Waals surface area (Å²) in [5.41, 5.74) is -0.409. The van der Waals surface area contributed by atoms with Crippen LogP contribution >= 0.6 is 0 Å². The number of esters is 2. The summed E-state index contributed by atoms with van der Waals surface area (Å²) in [6.07, 6.45) is -0.00417. The molecule has 2 aliphatic heterocycles. The van der Waals surface area contributed by atoms with Crippen molar-refractivity contribution in [3.63, 3.8) is 0 Å². The van der Waals surface area contributed by atoms with Gasteiger partial charge in [-0.3, -0.25) is 0 Å². The number of aryl methyl sites for hydroxylation is 2. The first-order chi connectivity index (χ1) is 19.1. The summed E-state index contributed by atoms with van der Waals surface area (Å²) in [7, 11) is -4.51. The molecule has 9 heteroatoms. The highest BCUT2D eigenvalue weighted by atomic mass is 32.2. The van der Waals surface area contributed by atoms with E-state index >= 15 is 0 Å². The highest BCUT2D eigenvalue weighted by Crippen LogP contribution is 2.62. The van der Waals surface area contributed by atoms with Gasteiger partial charge in [-0.05, 0) is 56.5 Å². The Morgan fingerprint density at radius 3 is 2.00 bits per heavy atom. The Labute approximate surface area is 234 Å². The minimum atomic E-state index is -4.51. The summed E-state index contributed by atoms with van der Waals surface area (Å²) < 4.78 is 48.1. The van der Waals surface area contributed by atoms with Crippen LogP contribution in [0.3, 0.4) is 0 Å². The van der Waals surface area contributed by atoms with Crippen LogP contribution in [0.4, 0.5) is 0 Å². The zero-order chi connectivity index (χ0) is 28.7. The van der Waals surface area contributed by atoms with Crippen LogP contribution in [-0.4, -0.2) is 43.4 Å². The van der Waals surface area contributed by atoms with Crippen LogP contribution in [0.1, 0.15) is 54.1 Å². The number of hydrogen-bond acceptors (Lipinski definition) is 7. The number of carbonyl (C=O) groups excluding carboxylic acids is 2. The Morgan fingerprint density at radius 1 is 0.875 bits per heavy atom. The Hall–Kier alpha value is -3.53. The second kappa shape index (κ2) is 10.5. The third-order valence-electron chi connectivity index (χ3n) is 7.79. The minimum absolute atomic E-state index is 0.00417.